The quantitative estimate of drug-likeness (QED) is 0.762. The van der Waals surface area contributed by atoms with Crippen LogP contribution >= 0.6 is 8.25 Å². The summed E-state index contributed by atoms with van der Waals surface area (Å²) in [7, 11) is -2.42. The van der Waals surface area contributed by atoms with Crippen LogP contribution < -0.4 is 0 Å². The Balaban J connectivity index is 0.000000423. The van der Waals surface area contributed by atoms with Crippen molar-refractivity contribution in [3.8, 4) is 0 Å². The van der Waals surface area contributed by atoms with Crippen molar-refractivity contribution < 1.29 is 14.0 Å². The lowest BCUT2D eigenvalue weighted by atomic mass is 10.1. The van der Waals surface area contributed by atoms with Crippen LogP contribution in [0.15, 0.2) is 0 Å². The van der Waals surface area contributed by atoms with Crippen LogP contribution in [0.2, 0.25) is 0 Å². The van der Waals surface area contributed by atoms with Gasteiger partial charge in [-0.05, 0) is 12.8 Å². The van der Waals surface area contributed by atoms with Gasteiger partial charge in [-0.15, -0.1) is 9.42 Å². The molecule has 1 heterocycles. The number of unbranched alkanes of at least 4 members (excludes halogenated alkanes) is 1. The number of piperidine rings is 1. The van der Waals surface area contributed by atoms with Gasteiger partial charge in [0.25, 0.3) is 0 Å². The molecule has 0 amide bonds. The highest BCUT2D eigenvalue weighted by atomic mass is 31.1. The molecule has 0 aromatic heterocycles. The van der Waals surface area contributed by atoms with E-state index in [0.717, 1.165) is 13.1 Å². The van der Waals surface area contributed by atoms with Crippen molar-refractivity contribution in [2.24, 2.45) is 0 Å². The lowest BCUT2D eigenvalue weighted by Gasteiger charge is -2.23. The smallest absolute Gasteiger partial charge is 0.277 e. The summed E-state index contributed by atoms with van der Waals surface area (Å²) in [6.45, 7) is 6.64. The molecule has 1 saturated heterocycles. The molecule has 0 bridgehead atoms. The van der Waals surface area contributed by atoms with Gasteiger partial charge in [0.15, 0.2) is 6.73 Å². The molecular weight excluding hydrogens is 213 g/mol. The van der Waals surface area contributed by atoms with Crippen LogP contribution in [0.1, 0.15) is 46.0 Å². The Bertz CT molecular complexity index is 159. The molecule has 0 aromatic rings. The Morgan fingerprint density at radius 1 is 1.20 bits per heavy atom. The van der Waals surface area contributed by atoms with Gasteiger partial charge in [0, 0.05) is 17.7 Å². The third-order valence-corrected chi connectivity index (χ3v) is 2.64. The summed E-state index contributed by atoms with van der Waals surface area (Å²) in [4.78, 5) is 10.4. The van der Waals surface area contributed by atoms with Gasteiger partial charge in [-0.3, -0.25) is 4.90 Å². The van der Waals surface area contributed by atoms with Crippen LogP contribution in [0.4, 0.5) is 0 Å². The van der Waals surface area contributed by atoms with Gasteiger partial charge in [0.1, 0.15) is 0 Å². The highest BCUT2D eigenvalue weighted by molar-refractivity contribution is 7.32. The van der Waals surface area contributed by atoms with Crippen molar-refractivity contribution in [2.45, 2.75) is 46.0 Å². The van der Waals surface area contributed by atoms with Crippen LogP contribution in [0.25, 0.3) is 0 Å². The Kier molecular flexibility index (Phi) is 10.5. The van der Waals surface area contributed by atoms with Crippen LogP contribution in [0.3, 0.4) is 0 Å². The maximum Gasteiger partial charge on any atom is 0.696 e. The van der Waals surface area contributed by atoms with Gasteiger partial charge >= 0.3 is 8.25 Å². The van der Waals surface area contributed by atoms with Gasteiger partial charge in [0.2, 0.25) is 0 Å². The zero-order chi connectivity index (χ0) is 11.5. The summed E-state index contributed by atoms with van der Waals surface area (Å²) < 4.78 is 14.7. The topological polar surface area (TPSA) is 49.8 Å². The van der Waals surface area contributed by atoms with E-state index in [4.69, 9.17) is 4.89 Å². The molecule has 1 atom stereocenters. The van der Waals surface area contributed by atoms with E-state index in [0.29, 0.717) is 6.73 Å². The minimum atomic E-state index is -2.42. The minimum absolute atomic E-state index is 0.297. The van der Waals surface area contributed by atoms with E-state index in [-0.39, 0.29) is 0 Å². The second-order valence-electron chi connectivity index (χ2n) is 3.67. The van der Waals surface area contributed by atoms with E-state index in [1.165, 1.54) is 32.1 Å². The van der Waals surface area contributed by atoms with E-state index in [2.05, 4.69) is 18.4 Å². The summed E-state index contributed by atoms with van der Waals surface area (Å²) in [5.41, 5.74) is 0. The predicted octanol–water partition coefficient (Wildman–Crippen LogP) is 2.90. The third-order valence-electron chi connectivity index (χ3n) is 2.30. The Labute approximate surface area is 93.6 Å². The molecule has 1 aliphatic heterocycles. The van der Waals surface area contributed by atoms with Crippen molar-refractivity contribution in [3.05, 3.63) is 0 Å². The molecule has 1 aliphatic rings. The lowest BCUT2D eigenvalue weighted by molar-refractivity contribution is 0.103. The van der Waals surface area contributed by atoms with E-state index in [9.17, 15) is 4.57 Å². The van der Waals surface area contributed by atoms with Crippen LogP contribution in [-0.4, -0.2) is 29.6 Å². The van der Waals surface area contributed by atoms with Crippen LogP contribution in [0.5, 0.6) is 0 Å². The second kappa shape index (κ2) is 10.5. The van der Waals surface area contributed by atoms with Gasteiger partial charge in [-0.1, -0.05) is 33.1 Å². The lowest BCUT2D eigenvalue weighted by Crippen LogP contribution is -2.30. The number of likely N-dealkylation sites (tertiary alicyclic amines) is 1. The summed E-state index contributed by atoms with van der Waals surface area (Å²) in [5.74, 6) is 0. The molecule has 0 radical (unpaired) electrons. The SMILES string of the molecule is CCCC.O=[P+](O)OCN1CCCCC1. The summed E-state index contributed by atoms with van der Waals surface area (Å²) >= 11 is 0. The first-order valence-corrected chi connectivity index (χ1v) is 6.85. The van der Waals surface area contributed by atoms with Gasteiger partial charge in [0.05, 0.1) is 0 Å². The van der Waals surface area contributed by atoms with E-state index in [1.54, 1.807) is 0 Å². The standard InChI is InChI=1S/C6H12NO3P.C4H10/c8-11(9)10-6-7-4-2-1-3-5-7;1-3-4-2/h1-6H2;3-4H2,1-2H3/p+1. The van der Waals surface area contributed by atoms with Crippen LogP contribution in [0, 0.1) is 0 Å². The maximum absolute atomic E-state index is 10.1. The normalized spacial score (nSPS) is 17.9. The Morgan fingerprint density at radius 2 is 1.73 bits per heavy atom. The molecule has 0 saturated carbocycles. The summed E-state index contributed by atoms with van der Waals surface area (Å²) in [5, 5.41) is 0. The molecule has 1 fully saturated rings. The Morgan fingerprint density at radius 3 is 2.13 bits per heavy atom. The fourth-order valence-electron chi connectivity index (χ4n) is 1.22. The minimum Gasteiger partial charge on any atom is -0.277 e. The number of hydrogen-bond donors (Lipinski definition) is 1. The third kappa shape index (κ3) is 10.3. The van der Waals surface area contributed by atoms with Crippen molar-refractivity contribution >= 4 is 8.25 Å². The molecule has 1 rings (SSSR count). The first-order valence-electron chi connectivity index (χ1n) is 5.72. The van der Waals surface area contributed by atoms with E-state index < -0.39 is 8.25 Å². The molecule has 0 aliphatic carbocycles. The number of nitrogens with zero attached hydrogens (tertiary/aromatic N) is 1. The highest BCUT2D eigenvalue weighted by Crippen LogP contribution is 2.16. The van der Waals surface area contributed by atoms with Crippen molar-refractivity contribution in [3.63, 3.8) is 0 Å². The molecule has 15 heavy (non-hydrogen) atoms. The fourth-order valence-corrected chi connectivity index (χ4v) is 1.48. The monoisotopic (exact) mass is 236 g/mol. The second-order valence-corrected chi connectivity index (χ2v) is 4.41. The average molecular weight is 236 g/mol. The zero-order valence-corrected chi connectivity index (χ0v) is 10.7. The zero-order valence-electron chi connectivity index (χ0n) is 9.81. The Hall–Kier alpha value is -0.0200. The van der Waals surface area contributed by atoms with Gasteiger partial charge in [-0.25, -0.2) is 0 Å². The summed E-state index contributed by atoms with van der Waals surface area (Å²) in [6.07, 6.45) is 6.25. The fraction of sp³-hybridized carbons (Fsp3) is 1.00. The molecule has 1 N–H and O–H groups in total. The molecular formula is C10H23NO3P+. The largest absolute Gasteiger partial charge is 0.696 e. The average Bonchev–Trinajstić information content (AvgIpc) is 2.28. The number of hydrogen-bond acceptors (Lipinski definition) is 3. The van der Waals surface area contributed by atoms with Gasteiger partial charge < -0.3 is 0 Å². The van der Waals surface area contributed by atoms with Crippen molar-refractivity contribution in [1.82, 2.24) is 4.90 Å². The summed E-state index contributed by atoms with van der Waals surface area (Å²) in [6, 6.07) is 0. The molecule has 5 heteroatoms. The highest BCUT2D eigenvalue weighted by Gasteiger charge is 2.17. The molecule has 0 aromatic carbocycles. The van der Waals surface area contributed by atoms with Crippen molar-refractivity contribution in [1.29, 1.82) is 0 Å². The van der Waals surface area contributed by atoms with Gasteiger partial charge in [-0.2, -0.15) is 0 Å². The van der Waals surface area contributed by atoms with Crippen molar-refractivity contribution in [2.75, 3.05) is 19.8 Å². The molecule has 1 unspecified atom stereocenters. The molecule has 0 spiro atoms. The first-order chi connectivity index (χ1) is 7.20. The number of rotatable bonds is 4. The molecule has 90 valence electrons. The predicted molar refractivity (Wildman–Crippen MR) is 61.8 cm³/mol. The van der Waals surface area contributed by atoms with Crippen LogP contribution in [-0.2, 0) is 9.09 Å². The van der Waals surface area contributed by atoms with E-state index >= 15 is 0 Å². The van der Waals surface area contributed by atoms with E-state index in [1.807, 2.05) is 4.90 Å². The molecule has 4 nitrogen and oxygen atoms in total. The first kappa shape index (κ1) is 15.0. The maximum atomic E-state index is 10.1.